The van der Waals surface area contributed by atoms with Gasteiger partial charge in [-0.25, -0.2) is 4.98 Å². The van der Waals surface area contributed by atoms with Gasteiger partial charge in [-0.05, 0) is 51.2 Å². The van der Waals surface area contributed by atoms with E-state index in [1.807, 2.05) is 24.4 Å². The summed E-state index contributed by atoms with van der Waals surface area (Å²) in [6, 6.07) is 8.08. The predicted molar refractivity (Wildman–Crippen MR) is 103 cm³/mol. The summed E-state index contributed by atoms with van der Waals surface area (Å²) in [5, 5.41) is 3.53. The highest BCUT2D eigenvalue weighted by atomic mass is 16.3. The topological polar surface area (TPSA) is 44.5 Å². The molecule has 0 bridgehead atoms. The second-order valence-corrected chi connectivity index (χ2v) is 6.74. The van der Waals surface area contributed by atoms with Gasteiger partial charge in [-0.1, -0.05) is 11.6 Å². The Labute approximate surface area is 150 Å². The van der Waals surface area contributed by atoms with E-state index in [2.05, 4.69) is 46.2 Å². The summed E-state index contributed by atoms with van der Waals surface area (Å²) in [5.74, 6) is 2.02. The largest absolute Gasteiger partial charge is 0.465 e. The minimum absolute atomic E-state index is 0.818. The van der Waals surface area contributed by atoms with Crippen molar-refractivity contribution in [1.29, 1.82) is 0 Å². The molecule has 1 aliphatic rings. The first-order valence-corrected chi connectivity index (χ1v) is 9.01. The van der Waals surface area contributed by atoms with Crippen molar-refractivity contribution in [3.8, 4) is 0 Å². The first kappa shape index (κ1) is 17.7. The quantitative estimate of drug-likeness (QED) is 0.876. The Morgan fingerprint density at radius 3 is 3.00 bits per heavy atom. The van der Waals surface area contributed by atoms with Crippen molar-refractivity contribution < 1.29 is 4.42 Å². The van der Waals surface area contributed by atoms with Gasteiger partial charge in [-0.2, -0.15) is 0 Å². The Bertz CT molecular complexity index is 681. The molecule has 0 unspecified atom stereocenters. The Balaban J connectivity index is 1.59. The Morgan fingerprint density at radius 1 is 1.24 bits per heavy atom. The van der Waals surface area contributed by atoms with Crippen LogP contribution in [0.1, 0.15) is 24.7 Å². The minimum Gasteiger partial charge on any atom is -0.465 e. The van der Waals surface area contributed by atoms with Crippen LogP contribution in [0.15, 0.2) is 46.7 Å². The molecule has 2 aromatic rings. The molecule has 3 heterocycles. The average Bonchev–Trinajstić information content (AvgIpc) is 3.02. The highest BCUT2D eigenvalue weighted by molar-refractivity contribution is 5.48. The number of nitrogens with zero attached hydrogens (tertiary/aromatic N) is 3. The molecule has 1 aliphatic heterocycles. The van der Waals surface area contributed by atoms with Crippen molar-refractivity contribution in [2.45, 2.75) is 19.9 Å². The van der Waals surface area contributed by atoms with Crippen LogP contribution in [0.4, 0.5) is 5.82 Å². The number of pyridine rings is 1. The standard InChI is InChI=1S/C20H28N4O/c1-17(14-19-7-4-13-25-19)15-21-16-18-6-3-8-22-20(18)24-10-5-9-23(2)11-12-24/h3-4,6-8,13-14,21H,5,9-12,15-16H2,1-2H3/b17-14+. The van der Waals surface area contributed by atoms with Gasteiger partial charge in [0.2, 0.25) is 0 Å². The lowest BCUT2D eigenvalue weighted by atomic mass is 10.2. The van der Waals surface area contributed by atoms with Crippen LogP contribution in [0, 0.1) is 0 Å². The third kappa shape index (κ3) is 5.18. The van der Waals surface area contributed by atoms with E-state index in [1.54, 1.807) is 6.26 Å². The molecule has 0 atom stereocenters. The summed E-state index contributed by atoms with van der Waals surface area (Å²) in [6.45, 7) is 8.13. The van der Waals surface area contributed by atoms with Crippen LogP contribution in [-0.2, 0) is 6.54 Å². The van der Waals surface area contributed by atoms with E-state index in [9.17, 15) is 0 Å². The van der Waals surface area contributed by atoms with Crippen molar-refractivity contribution in [2.75, 3.05) is 44.7 Å². The van der Waals surface area contributed by atoms with Crippen LogP contribution in [-0.4, -0.2) is 49.7 Å². The fourth-order valence-corrected chi connectivity index (χ4v) is 3.17. The van der Waals surface area contributed by atoms with Crippen LogP contribution in [0.2, 0.25) is 0 Å². The van der Waals surface area contributed by atoms with E-state index in [4.69, 9.17) is 4.42 Å². The number of hydrogen-bond donors (Lipinski definition) is 1. The van der Waals surface area contributed by atoms with E-state index in [0.29, 0.717) is 0 Å². The zero-order valence-corrected chi connectivity index (χ0v) is 15.2. The number of hydrogen-bond acceptors (Lipinski definition) is 5. The molecular formula is C20H28N4O. The highest BCUT2D eigenvalue weighted by Gasteiger charge is 2.16. The average molecular weight is 340 g/mol. The van der Waals surface area contributed by atoms with Crippen molar-refractivity contribution in [3.05, 3.63) is 53.6 Å². The molecular weight excluding hydrogens is 312 g/mol. The molecule has 25 heavy (non-hydrogen) atoms. The normalized spacial score (nSPS) is 16.9. The van der Waals surface area contributed by atoms with Gasteiger partial charge in [0.15, 0.2) is 0 Å². The molecule has 0 spiro atoms. The molecule has 0 aliphatic carbocycles. The molecule has 0 radical (unpaired) electrons. The summed E-state index contributed by atoms with van der Waals surface area (Å²) in [6.07, 6.45) is 6.86. The van der Waals surface area contributed by atoms with Crippen molar-refractivity contribution >= 4 is 11.9 Å². The lowest BCUT2D eigenvalue weighted by Gasteiger charge is -2.24. The first-order chi connectivity index (χ1) is 12.2. The van der Waals surface area contributed by atoms with Gasteiger partial charge in [0.05, 0.1) is 6.26 Å². The van der Waals surface area contributed by atoms with Crippen molar-refractivity contribution in [2.24, 2.45) is 0 Å². The molecule has 1 saturated heterocycles. The highest BCUT2D eigenvalue weighted by Crippen LogP contribution is 2.19. The second kappa shape index (κ2) is 8.83. The van der Waals surface area contributed by atoms with Crippen LogP contribution in [0.25, 0.3) is 6.08 Å². The van der Waals surface area contributed by atoms with E-state index >= 15 is 0 Å². The van der Waals surface area contributed by atoms with E-state index in [-0.39, 0.29) is 0 Å². The molecule has 1 fully saturated rings. The summed E-state index contributed by atoms with van der Waals surface area (Å²) in [4.78, 5) is 9.48. The van der Waals surface area contributed by atoms with Gasteiger partial charge in [0.1, 0.15) is 11.6 Å². The molecule has 134 valence electrons. The molecule has 5 nitrogen and oxygen atoms in total. The van der Waals surface area contributed by atoms with Gasteiger partial charge in [0.25, 0.3) is 0 Å². The fourth-order valence-electron chi connectivity index (χ4n) is 3.17. The van der Waals surface area contributed by atoms with Crippen molar-refractivity contribution in [1.82, 2.24) is 15.2 Å². The monoisotopic (exact) mass is 340 g/mol. The second-order valence-electron chi connectivity index (χ2n) is 6.74. The lowest BCUT2D eigenvalue weighted by molar-refractivity contribution is 0.360. The van der Waals surface area contributed by atoms with Crippen LogP contribution in [0.3, 0.4) is 0 Å². The van der Waals surface area contributed by atoms with Gasteiger partial charge >= 0.3 is 0 Å². The third-order valence-corrected chi connectivity index (χ3v) is 4.54. The van der Waals surface area contributed by atoms with Gasteiger partial charge in [-0.3, -0.25) is 0 Å². The minimum atomic E-state index is 0.818. The zero-order chi connectivity index (χ0) is 17.5. The summed E-state index contributed by atoms with van der Waals surface area (Å²) in [7, 11) is 2.19. The predicted octanol–water partition coefficient (Wildman–Crippen LogP) is 3.01. The van der Waals surface area contributed by atoms with Gasteiger partial charge in [-0.15, -0.1) is 0 Å². The zero-order valence-electron chi connectivity index (χ0n) is 15.2. The number of anilines is 1. The van der Waals surface area contributed by atoms with E-state index in [1.165, 1.54) is 17.6 Å². The molecule has 2 aromatic heterocycles. The first-order valence-electron chi connectivity index (χ1n) is 9.01. The fraction of sp³-hybridized carbons (Fsp3) is 0.450. The number of rotatable bonds is 6. The van der Waals surface area contributed by atoms with Crippen molar-refractivity contribution in [3.63, 3.8) is 0 Å². The summed E-state index contributed by atoms with van der Waals surface area (Å²) in [5.41, 5.74) is 2.51. The molecule has 1 N–H and O–H groups in total. The van der Waals surface area contributed by atoms with Crippen LogP contribution in [0.5, 0.6) is 0 Å². The molecule has 0 amide bonds. The Hall–Kier alpha value is -2.11. The molecule has 0 aromatic carbocycles. The molecule has 3 rings (SSSR count). The number of aromatic nitrogens is 1. The lowest BCUT2D eigenvalue weighted by Crippen LogP contribution is -2.30. The maximum atomic E-state index is 5.36. The Morgan fingerprint density at radius 2 is 2.16 bits per heavy atom. The van der Waals surface area contributed by atoms with E-state index in [0.717, 1.165) is 50.8 Å². The van der Waals surface area contributed by atoms with Gasteiger partial charge < -0.3 is 19.5 Å². The SMILES string of the molecule is C/C(=C\c1ccco1)CNCc1cccnc1N1CCCN(C)CC1. The number of furan rings is 1. The molecule has 0 saturated carbocycles. The summed E-state index contributed by atoms with van der Waals surface area (Å²) < 4.78 is 5.36. The number of nitrogens with one attached hydrogen (secondary N) is 1. The summed E-state index contributed by atoms with van der Waals surface area (Å²) >= 11 is 0. The maximum absolute atomic E-state index is 5.36. The smallest absolute Gasteiger partial charge is 0.133 e. The van der Waals surface area contributed by atoms with Crippen LogP contribution < -0.4 is 10.2 Å². The Kier molecular flexibility index (Phi) is 6.25. The number of likely N-dealkylation sites (N-methyl/N-ethyl adjacent to an activating group) is 1. The maximum Gasteiger partial charge on any atom is 0.133 e. The van der Waals surface area contributed by atoms with Gasteiger partial charge in [0, 0.05) is 44.5 Å². The van der Waals surface area contributed by atoms with Crippen LogP contribution >= 0.6 is 0 Å². The third-order valence-electron chi connectivity index (χ3n) is 4.54. The molecule has 5 heteroatoms. The van der Waals surface area contributed by atoms with E-state index < -0.39 is 0 Å².